The van der Waals surface area contributed by atoms with E-state index in [0.29, 0.717) is 6.54 Å². The summed E-state index contributed by atoms with van der Waals surface area (Å²) in [5.74, 6) is 0. The second-order valence-electron chi connectivity index (χ2n) is 1.88. The van der Waals surface area contributed by atoms with Crippen LogP contribution in [0.3, 0.4) is 0 Å². The second kappa shape index (κ2) is 2.85. The molecule has 0 aliphatic heterocycles. The first-order chi connectivity index (χ1) is 5.33. The van der Waals surface area contributed by atoms with Crippen molar-refractivity contribution >= 4 is 0 Å². The molecule has 0 fully saturated rings. The van der Waals surface area contributed by atoms with Crippen molar-refractivity contribution in [1.82, 2.24) is 9.55 Å². The number of hydrogen-bond donors (Lipinski definition) is 0. The number of nitriles is 2. The summed E-state index contributed by atoms with van der Waals surface area (Å²) in [5, 5.41) is 17.0. The van der Waals surface area contributed by atoms with E-state index in [9.17, 15) is 0 Å². The maximum absolute atomic E-state index is 8.57. The van der Waals surface area contributed by atoms with Crippen LogP contribution < -0.4 is 0 Å². The summed E-state index contributed by atoms with van der Waals surface area (Å²) in [5.41, 5.74) is 0.435. The van der Waals surface area contributed by atoms with E-state index in [1.807, 2.05) is 19.1 Å². The Hall–Kier alpha value is -1.81. The van der Waals surface area contributed by atoms with Crippen LogP contribution >= 0.6 is 0 Å². The van der Waals surface area contributed by atoms with Crippen LogP contribution in [0.1, 0.15) is 18.3 Å². The van der Waals surface area contributed by atoms with Crippen LogP contribution in [0, 0.1) is 29.0 Å². The quantitative estimate of drug-likeness (QED) is 0.576. The highest BCUT2D eigenvalue weighted by Gasteiger charge is 2.07. The summed E-state index contributed by atoms with van der Waals surface area (Å²) in [6, 6.07) is 3.71. The predicted octanol–water partition coefficient (Wildman–Crippen LogP) is 0.447. The fraction of sp³-hybridized carbons (Fsp3) is 0.286. The minimum Gasteiger partial charge on any atom is -0.312 e. The van der Waals surface area contributed by atoms with Gasteiger partial charge in [0.25, 0.3) is 0 Å². The van der Waals surface area contributed by atoms with Gasteiger partial charge in [0.2, 0.25) is 0 Å². The van der Waals surface area contributed by atoms with Gasteiger partial charge in [-0.2, -0.15) is 10.5 Å². The van der Waals surface area contributed by atoms with Crippen LogP contribution in [0.4, 0.5) is 0 Å². The van der Waals surface area contributed by atoms with Crippen molar-refractivity contribution in [3.8, 4) is 12.1 Å². The Balaban J connectivity index is 3.26. The van der Waals surface area contributed by atoms with Gasteiger partial charge < -0.3 is 4.57 Å². The SMILES string of the molecule is CCn1[c]nc(C#N)c1C#N. The van der Waals surface area contributed by atoms with Gasteiger partial charge in [-0.25, -0.2) is 4.98 Å². The fourth-order valence-electron chi connectivity index (χ4n) is 0.761. The third kappa shape index (κ3) is 1.06. The van der Waals surface area contributed by atoms with Gasteiger partial charge in [0, 0.05) is 6.54 Å². The van der Waals surface area contributed by atoms with Crippen LogP contribution in [0.25, 0.3) is 0 Å². The van der Waals surface area contributed by atoms with Crippen LogP contribution in [0.2, 0.25) is 0 Å². The van der Waals surface area contributed by atoms with Crippen molar-refractivity contribution in [2.45, 2.75) is 13.5 Å². The Morgan fingerprint density at radius 3 is 2.73 bits per heavy atom. The van der Waals surface area contributed by atoms with Gasteiger partial charge in [-0.3, -0.25) is 0 Å². The maximum Gasteiger partial charge on any atom is 0.178 e. The zero-order valence-electron chi connectivity index (χ0n) is 6.00. The van der Waals surface area contributed by atoms with E-state index in [2.05, 4.69) is 11.3 Å². The lowest BCUT2D eigenvalue weighted by atomic mass is 10.3. The number of hydrogen-bond acceptors (Lipinski definition) is 3. The molecule has 4 heteroatoms. The molecule has 1 rings (SSSR count). The molecule has 0 spiro atoms. The van der Waals surface area contributed by atoms with Gasteiger partial charge in [0.15, 0.2) is 17.7 Å². The minimum absolute atomic E-state index is 0.148. The van der Waals surface area contributed by atoms with Crippen molar-refractivity contribution < 1.29 is 0 Å². The molecule has 1 radical (unpaired) electrons. The molecule has 0 atom stereocenters. The van der Waals surface area contributed by atoms with Crippen LogP contribution in [-0.2, 0) is 6.54 Å². The Labute approximate surface area is 64.3 Å². The van der Waals surface area contributed by atoms with Gasteiger partial charge in [0.05, 0.1) is 0 Å². The van der Waals surface area contributed by atoms with Gasteiger partial charge in [-0.05, 0) is 6.92 Å². The number of nitrogens with zero attached hydrogens (tertiary/aromatic N) is 4. The van der Waals surface area contributed by atoms with Gasteiger partial charge in [-0.15, -0.1) is 0 Å². The standard InChI is InChI=1S/C7H5N4/c1-2-11-5-10-6(3-8)7(11)4-9/h2H2,1H3. The normalized spacial score (nSPS) is 8.64. The fourth-order valence-corrected chi connectivity index (χ4v) is 0.761. The van der Waals surface area contributed by atoms with E-state index in [-0.39, 0.29) is 11.4 Å². The number of imidazole rings is 1. The van der Waals surface area contributed by atoms with Crippen LogP contribution in [0.5, 0.6) is 0 Å². The molecular weight excluding hydrogens is 140 g/mol. The molecule has 0 aliphatic rings. The summed E-state index contributed by atoms with van der Waals surface area (Å²) in [6.07, 6.45) is 2.55. The molecule has 0 aromatic carbocycles. The molecule has 53 valence electrons. The summed E-state index contributed by atoms with van der Waals surface area (Å²) < 4.78 is 1.51. The van der Waals surface area contributed by atoms with E-state index in [4.69, 9.17) is 10.5 Å². The molecule has 1 aromatic rings. The number of aromatic nitrogens is 2. The second-order valence-corrected chi connectivity index (χ2v) is 1.88. The Kier molecular flexibility index (Phi) is 1.89. The first-order valence-corrected chi connectivity index (χ1v) is 3.11. The first-order valence-electron chi connectivity index (χ1n) is 3.11. The Morgan fingerprint density at radius 1 is 1.55 bits per heavy atom. The molecule has 0 amide bonds. The molecule has 0 aliphatic carbocycles. The van der Waals surface area contributed by atoms with Crippen molar-refractivity contribution in [1.29, 1.82) is 10.5 Å². The summed E-state index contributed by atoms with van der Waals surface area (Å²) >= 11 is 0. The highest BCUT2D eigenvalue weighted by molar-refractivity contribution is 5.35. The largest absolute Gasteiger partial charge is 0.312 e. The summed E-state index contributed by atoms with van der Waals surface area (Å²) in [6.45, 7) is 2.47. The van der Waals surface area contributed by atoms with E-state index in [1.165, 1.54) is 4.57 Å². The highest BCUT2D eigenvalue weighted by atomic mass is 15.0. The van der Waals surface area contributed by atoms with Crippen molar-refractivity contribution in [3.63, 3.8) is 0 Å². The van der Waals surface area contributed by atoms with E-state index >= 15 is 0 Å². The third-order valence-corrected chi connectivity index (χ3v) is 1.30. The lowest BCUT2D eigenvalue weighted by Gasteiger charge is -1.93. The van der Waals surface area contributed by atoms with Gasteiger partial charge in [0.1, 0.15) is 12.1 Å². The molecule has 0 saturated heterocycles. The molecule has 4 nitrogen and oxygen atoms in total. The number of aryl methyl sites for hydroxylation is 1. The first kappa shape index (κ1) is 7.30. The lowest BCUT2D eigenvalue weighted by molar-refractivity contribution is 0.744. The molecule has 0 N–H and O–H groups in total. The zero-order chi connectivity index (χ0) is 8.27. The lowest BCUT2D eigenvalue weighted by Crippen LogP contribution is -1.96. The zero-order valence-corrected chi connectivity index (χ0v) is 6.00. The van der Waals surface area contributed by atoms with Crippen LogP contribution in [-0.4, -0.2) is 9.55 Å². The molecule has 1 aromatic heterocycles. The van der Waals surface area contributed by atoms with Crippen molar-refractivity contribution in [2.24, 2.45) is 0 Å². The van der Waals surface area contributed by atoms with E-state index in [0.717, 1.165) is 0 Å². The molecule has 0 saturated carbocycles. The van der Waals surface area contributed by atoms with E-state index < -0.39 is 0 Å². The van der Waals surface area contributed by atoms with Gasteiger partial charge in [-0.1, -0.05) is 0 Å². The molecule has 0 unspecified atom stereocenters. The average molecular weight is 145 g/mol. The summed E-state index contributed by atoms with van der Waals surface area (Å²) in [4.78, 5) is 3.63. The minimum atomic E-state index is 0.148. The smallest absolute Gasteiger partial charge is 0.178 e. The topological polar surface area (TPSA) is 65.4 Å². The summed E-state index contributed by atoms with van der Waals surface area (Å²) in [7, 11) is 0. The van der Waals surface area contributed by atoms with Gasteiger partial charge >= 0.3 is 0 Å². The predicted molar refractivity (Wildman–Crippen MR) is 36.2 cm³/mol. The van der Waals surface area contributed by atoms with Crippen molar-refractivity contribution in [3.05, 3.63) is 17.7 Å². The number of rotatable bonds is 1. The average Bonchev–Trinajstić information content (AvgIpc) is 2.45. The highest BCUT2D eigenvalue weighted by Crippen LogP contribution is 2.02. The third-order valence-electron chi connectivity index (χ3n) is 1.30. The molecule has 0 bridgehead atoms. The molecule has 1 heterocycles. The Bertz CT molecular complexity index is 336. The Morgan fingerprint density at radius 2 is 2.27 bits per heavy atom. The maximum atomic E-state index is 8.57. The molecule has 11 heavy (non-hydrogen) atoms. The van der Waals surface area contributed by atoms with Crippen molar-refractivity contribution in [2.75, 3.05) is 0 Å². The van der Waals surface area contributed by atoms with Crippen LogP contribution in [0.15, 0.2) is 0 Å². The van der Waals surface area contributed by atoms with E-state index in [1.54, 1.807) is 0 Å². The monoisotopic (exact) mass is 145 g/mol. The molecular formula is C7H5N4.